The van der Waals surface area contributed by atoms with Crippen molar-refractivity contribution < 1.29 is 38.9 Å². The van der Waals surface area contributed by atoms with Crippen LogP contribution in [0.4, 0.5) is 0 Å². The Morgan fingerprint density at radius 1 is 0.810 bits per heavy atom. The van der Waals surface area contributed by atoms with E-state index in [1.54, 1.807) is 12.0 Å². The van der Waals surface area contributed by atoms with Crippen molar-refractivity contribution in [2.45, 2.75) is 108 Å². The molecular weight excluding hydrogens is 745 g/mol. The molecule has 1 spiro atoms. The number of benzene rings is 2. The summed E-state index contributed by atoms with van der Waals surface area (Å²) >= 11 is 0. The highest BCUT2D eigenvalue weighted by Gasteiger charge is 2.48. The van der Waals surface area contributed by atoms with Crippen molar-refractivity contribution >= 4 is 23.6 Å². The summed E-state index contributed by atoms with van der Waals surface area (Å²) in [5, 5.41) is 38.4. The predicted molar refractivity (Wildman–Crippen MR) is 220 cm³/mol. The van der Waals surface area contributed by atoms with E-state index in [9.17, 15) is 29.4 Å². The second-order valence-electron chi connectivity index (χ2n) is 15.7. The zero-order valence-electron chi connectivity index (χ0n) is 34.3. The number of unbranched alkanes of at least 4 members (excludes halogenated alkanes) is 1. The lowest BCUT2D eigenvalue weighted by molar-refractivity contribution is -0.139. The Hall–Kier alpha value is -4.00. The fraction of sp³-hybridized carbons (Fsp3) is 0.619. The number of nitrogens with one attached hydrogen (secondary N) is 6. The average Bonchev–Trinajstić information content (AvgIpc) is 3.48. The summed E-state index contributed by atoms with van der Waals surface area (Å²) in [5.41, 5.74) is 7.25. The van der Waals surface area contributed by atoms with Crippen LogP contribution in [0.3, 0.4) is 0 Å². The van der Waals surface area contributed by atoms with Gasteiger partial charge in [-0.25, -0.2) is 0 Å². The molecule has 16 nitrogen and oxygen atoms in total. The second-order valence-corrected chi connectivity index (χ2v) is 15.7. The molecule has 0 bridgehead atoms. The Morgan fingerprint density at radius 2 is 1.41 bits per heavy atom. The zero-order chi connectivity index (χ0) is 41.9. The van der Waals surface area contributed by atoms with Crippen LogP contribution in [0, 0.1) is 5.92 Å². The Bertz CT molecular complexity index is 1550. The average molecular weight is 811 g/mol. The van der Waals surface area contributed by atoms with Gasteiger partial charge < -0.3 is 51.6 Å². The summed E-state index contributed by atoms with van der Waals surface area (Å²) in [4.78, 5) is 57.5. The van der Waals surface area contributed by atoms with Crippen LogP contribution in [0.25, 0.3) is 0 Å². The molecule has 0 saturated carbocycles. The van der Waals surface area contributed by atoms with E-state index in [-0.39, 0.29) is 24.7 Å². The Morgan fingerprint density at radius 3 is 2.02 bits per heavy atom. The summed E-state index contributed by atoms with van der Waals surface area (Å²) < 4.78 is 10.5. The van der Waals surface area contributed by atoms with E-state index >= 15 is 0 Å². The molecule has 2 fully saturated rings. The van der Waals surface area contributed by atoms with Crippen molar-refractivity contribution in [1.82, 2.24) is 36.8 Å². The Balaban J connectivity index is 1.44. The van der Waals surface area contributed by atoms with Crippen LogP contribution >= 0.6 is 0 Å². The lowest BCUT2D eigenvalue weighted by atomic mass is 9.86. The maximum absolute atomic E-state index is 14.2. The minimum absolute atomic E-state index is 0.00352. The molecule has 2 aromatic carbocycles. The number of nitrogens with zero attached hydrogens (tertiary/aromatic N) is 1. The minimum Gasteiger partial charge on any atom is -0.382 e. The number of rotatable bonds is 24. The van der Waals surface area contributed by atoms with E-state index in [0.717, 1.165) is 17.5 Å². The molecule has 0 aromatic heterocycles. The van der Waals surface area contributed by atoms with E-state index in [0.29, 0.717) is 78.1 Å². The number of aliphatic hydroxyl groups excluding tert-OH is 2. The summed E-state index contributed by atoms with van der Waals surface area (Å²) in [6.45, 7) is 7.48. The van der Waals surface area contributed by atoms with E-state index in [1.165, 1.54) is 0 Å². The molecule has 322 valence electrons. The summed E-state index contributed by atoms with van der Waals surface area (Å²) in [6.07, 6.45) is 1.29. The fourth-order valence-electron chi connectivity index (χ4n) is 7.38. The van der Waals surface area contributed by atoms with Gasteiger partial charge in [0.2, 0.25) is 23.6 Å². The first-order chi connectivity index (χ1) is 27.9. The SMILES string of the molecule is COCCOCCNCCCCC(NC(=O)C(CC(C)C)NC(=O)C(Cc1ccccc1)NC(=O)C(N)Cc1ccccc1)C(=O)N1CCC2(CC1)NC(O)NC2O. The standard InChI is InChI=1S/C42H66N8O8/c1-29(2)26-34(47-38(53)35(28-31-14-8-5-9-15-31)46-36(51)32(43)27-30-12-6-4-7-13-30)37(52)45-33(16-10-11-19-44-20-23-58-25-24-57-3)39(54)50-21-17-42(18-22-50)40(55)48-41(56)49-42/h4-9,12-15,29,32-35,40-41,44,48-49,55-56H,10-11,16-28,43H2,1-3H3,(H,45,52)(H,46,51)(H,47,53). The van der Waals surface area contributed by atoms with Gasteiger partial charge in [0.1, 0.15) is 24.4 Å². The largest absolute Gasteiger partial charge is 0.382 e. The predicted octanol–water partition coefficient (Wildman–Crippen LogP) is -0.129. The number of carbonyl (C=O) groups excluding carboxylic acids is 4. The van der Waals surface area contributed by atoms with Gasteiger partial charge in [0.25, 0.3) is 0 Å². The maximum atomic E-state index is 14.2. The van der Waals surface area contributed by atoms with Crippen LogP contribution in [-0.2, 0) is 41.5 Å². The van der Waals surface area contributed by atoms with Crippen molar-refractivity contribution in [3.63, 3.8) is 0 Å². The topological polar surface area (TPSA) is 229 Å². The highest BCUT2D eigenvalue weighted by molar-refractivity contribution is 5.95. The molecule has 0 aliphatic carbocycles. The molecular formula is C42H66N8O8. The lowest BCUT2D eigenvalue weighted by Gasteiger charge is -2.41. The molecule has 6 atom stereocenters. The van der Waals surface area contributed by atoms with Gasteiger partial charge in [0.15, 0.2) is 6.35 Å². The van der Waals surface area contributed by atoms with Crippen LogP contribution in [-0.4, -0.2) is 134 Å². The van der Waals surface area contributed by atoms with Gasteiger partial charge in [-0.15, -0.1) is 0 Å². The minimum atomic E-state index is -1.05. The van der Waals surface area contributed by atoms with Crippen molar-refractivity contribution in [2.75, 3.05) is 53.1 Å². The van der Waals surface area contributed by atoms with Gasteiger partial charge in [0.05, 0.1) is 31.4 Å². The molecule has 2 aliphatic rings. The summed E-state index contributed by atoms with van der Waals surface area (Å²) in [7, 11) is 1.63. The summed E-state index contributed by atoms with van der Waals surface area (Å²) in [5.74, 6) is -1.77. The third kappa shape index (κ3) is 15.0. The first kappa shape index (κ1) is 46.7. The van der Waals surface area contributed by atoms with E-state index < -0.39 is 60.0 Å². The smallest absolute Gasteiger partial charge is 0.245 e. The lowest BCUT2D eigenvalue weighted by Crippen LogP contribution is -2.61. The molecule has 2 saturated heterocycles. The number of ether oxygens (including phenoxy) is 2. The van der Waals surface area contributed by atoms with Crippen LogP contribution in [0.2, 0.25) is 0 Å². The van der Waals surface area contributed by atoms with Crippen LogP contribution in [0.5, 0.6) is 0 Å². The van der Waals surface area contributed by atoms with Gasteiger partial charge in [-0.1, -0.05) is 74.5 Å². The third-order valence-corrected chi connectivity index (χ3v) is 10.7. The Labute approximate surface area is 342 Å². The molecule has 16 heteroatoms. The maximum Gasteiger partial charge on any atom is 0.245 e. The molecule has 6 unspecified atom stereocenters. The van der Waals surface area contributed by atoms with Gasteiger partial charge >= 0.3 is 0 Å². The van der Waals surface area contributed by atoms with Crippen LogP contribution in [0.15, 0.2) is 60.7 Å². The van der Waals surface area contributed by atoms with Gasteiger partial charge in [-0.05, 0) is 68.5 Å². The van der Waals surface area contributed by atoms with Gasteiger partial charge in [-0.3, -0.25) is 29.8 Å². The monoisotopic (exact) mass is 811 g/mol. The molecule has 10 N–H and O–H groups in total. The number of methoxy groups -OCH3 is 1. The zero-order valence-corrected chi connectivity index (χ0v) is 34.3. The van der Waals surface area contributed by atoms with Crippen molar-refractivity contribution in [3.05, 3.63) is 71.8 Å². The first-order valence-electron chi connectivity index (χ1n) is 20.6. The van der Waals surface area contributed by atoms with Crippen molar-refractivity contribution in [2.24, 2.45) is 11.7 Å². The number of hydrogen-bond acceptors (Lipinski definition) is 12. The van der Waals surface area contributed by atoms with Crippen molar-refractivity contribution in [1.29, 1.82) is 0 Å². The quantitative estimate of drug-likeness (QED) is 0.0633. The number of amides is 4. The Kier molecular flexibility index (Phi) is 19.5. The normalized spacial score (nSPS) is 19.7. The number of carbonyl (C=O) groups is 4. The number of nitrogens with two attached hydrogens (primary N) is 1. The second kappa shape index (κ2) is 24.2. The molecule has 4 rings (SSSR count). The van der Waals surface area contributed by atoms with E-state index in [2.05, 4.69) is 31.9 Å². The highest BCUT2D eigenvalue weighted by atomic mass is 16.5. The number of piperidine rings is 1. The van der Waals surface area contributed by atoms with Crippen molar-refractivity contribution in [3.8, 4) is 0 Å². The van der Waals surface area contributed by atoms with E-state index in [1.807, 2.05) is 74.5 Å². The number of aliphatic hydroxyl groups is 2. The van der Waals surface area contributed by atoms with Gasteiger partial charge in [-0.2, -0.15) is 0 Å². The first-order valence-corrected chi connectivity index (χ1v) is 20.6. The van der Waals surface area contributed by atoms with Crippen LogP contribution in [0.1, 0.15) is 63.5 Å². The molecule has 0 radical (unpaired) electrons. The molecule has 2 heterocycles. The van der Waals surface area contributed by atoms with Gasteiger partial charge in [0, 0.05) is 33.2 Å². The number of likely N-dealkylation sites (tertiary alicyclic amines) is 1. The summed E-state index contributed by atoms with van der Waals surface area (Å²) in [6, 6.07) is 14.9. The molecule has 58 heavy (non-hydrogen) atoms. The highest BCUT2D eigenvalue weighted by Crippen LogP contribution is 2.29. The molecule has 2 aliphatic heterocycles. The molecule has 2 aromatic rings. The fourth-order valence-corrected chi connectivity index (χ4v) is 7.38. The number of hydrogen-bond donors (Lipinski definition) is 9. The van der Waals surface area contributed by atoms with E-state index in [4.69, 9.17) is 15.2 Å². The third-order valence-electron chi connectivity index (χ3n) is 10.7. The molecule has 4 amide bonds. The van der Waals surface area contributed by atoms with Crippen LogP contribution < -0.4 is 37.6 Å².